The third-order valence-electron chi connectivity index (χ3n) is 4.26. The molecule has 2 aliphatic rings. The van der Waals surface area contributed by atoms with Crippen molar-refractivity contribution in [2.75, 3.05) is 29.9 Å². The van der Waals surface area contributed by atoms with E-state index in [0.717, 1.165) is 18.4 Å². The number of nitrogens with zero attached hydrogens (tertiary/aromatic N) is 1. The topological polar surface area (TPSA) is 15.3 Å². The van der Waals surface area contributed by atoms with Crippen molar-refractivity contribution < 1.29 is 0 Å². The van der Waals surface area contributed by atoms with Crippen molar-refractivity contribution in [1.82, 2.24) is 0 Å². The lowest BCUT2D eigenvalue weighted by atomic mass is 9.91. The second kappa shape index (κ2) is 4.83. The highest BCUT2D eigenvalue weighted by Crippen LogP contribution is 2.30. The summed E-state index contributed by atoms with van der Waals surface area (Å²) >= 11 is 0. The molecule has 0 saturated carbocycles. The average molecular weight is 244 g/mol. The van der Waals surface area contributed by atoms with Crippen LogP contribution in [0.4, 0.5) is 11.4 Å². The molecule has 0 bridgehead atoms. The third-order valence-corrected chi connectivity index (χ3v) is 4.26. The number of fused-ring (bicyclic) bond motifs is 1. The molecule has 1 saturated heterocycles. The summed E-state index contributed by atoms with van der Waals surface area (Å²) in [7, 11) is 0. The maximum atomic E-state index is 3.49. The summed E-state index contributed by atoms with van der Waals surface area (Å²) in [5.41, 5.74) is 4.28. The summed E-state index contributed by atoms with van der Waals surface area (Å²) in [5.74, 6) is 1.64. The largest absolute Gasteiger partial charge is 0.385 e. The van der Waals surface area contributed by atoms with E-state index in [4.69, 9.17) is 0 Å². The van der Waals surface area contributed by atoms with Crippen LogP contribution in [0.15, 0.2) is 18.2 Å². The maximum Gasteiger partial charge on any atom is 0.0374 e. The minimum Gasteiger partial charge on any atom is -0.385 e. The first kappa shape index (κ1) is 11.9. The maximum absolute atomic E-state index is 3.49. The van der Waals surface area contributed by atoms with E-state index in [1.807, 2.05) is 0 Å². The second-order valence-electron chi connectivity index (χ2n) is 6.22. The molecule has 18 heavy (non-hydrogen) atoms. The first-order valence-electron chi connectivity index (χ1n) is 7.34. The van der Waals surface area contributed by atoms with Gasteiger partial charge in [0.05, 0.1) is 0 Å². The zero-order chi connectivity index (χ0) is 12.5. The van der Waals surface area contributed by atoms with Gasteiger partial charge in [0.2, 0.25) is 0 Å². The molecule has 2 nitrogen and oxygen atoms in total. The van der Waals surface area contributed by atoms with Crippen molar-refractivity contribution in [3.8, 4) is 0 Å². The van der Waals surface area contributed by atoms with Crippen LogP contribution in [0.1, 0.15) is 32.3 Å². The van der Waals surface area contributed by atoms with Crippen molar-refractivity contribution in [3.05, 3.63) is 23.8 Å². The molecule has 1 aromatic rings. The fourth-order valence-electron chi connectivity index (χ4n) is 3.53. The normalized spacial score (nSPS) is 27.6. The van der Waals surface area contributed by atoms with E-state index in [2.05, 4.69) is 42.3 Å². The van der Waals surface area contributed by atoms with Crippen LogP contribution in [0.2, 0.25) is 0 Å². The molecule has 1 aromatic carbocycles. The minimum atomic E-state index is 0.822. The number of hydrogen-bond donors (Lipinski definition) is 1. The molecule has 3 rings (SSSR count). The predicted molar refractivity (Wildman–Crippen MR) is 78.4 cm³/mol. The van der Waals surface area contributed by atoms with Gasteiger partial charge in [-0.2, -0.15) is 0 Å². The van der Waals surface area contributed by atoms with Crippen LogP contribution in [-0.2, 0) is 6.42 Å². The SMILES string of the molecule is CC1CC(C)CN(c2ccc3c(c2)CCCN3)C1. The number of benzene rings is 1. The van der Waals surface area contributed by atoms with E-state index >= 15 is 0 Å². The molecule has 1 fully saturated rings. The molecule has 2 unspecified atom stereocenters. The summed E-state index contributed by atoms with van der Waals surface area (Å²) in [6, 6.07) is 6.97. The Labute approximate surface area is 110 Å². The molecule has 0 aromatic heterocycles. The van der Waals surface area contributed by atoms with Crippen LogP contribution >= 0.6 is 0 Å². The monoisotopic (exact) mass is 244 g/mol. The Bertz CT molecular complexity index is 417. The molecule has 2 heterocycles. The molecule has 0 aliphatic carbocycles. The number of rotatable bonds is 1. The molecule has 0 spiro atoms. The van der Waals surface area contributed by atoms with Crippen LogP contribution in [-0.4, -0.2) is 19.6 Å². The lowest BCUT2D eigenvalue weighted by Gasteiger charge is -2.37. The molecule has 2 heteroatoms. The Morgan fingerprint density at radius 2 is 1.94 bits per heavy atom. The fraction of sp³-hybridized carbons (Fsp3) is 0.625. The van der Waals surface area contributed by atoms with Gasteiger partial charge in [0.1, 0.15) is 0 Å². The number of hydrogen-bond acceptors (Lipinski definition) is 2. The minimum absolute atomic E-state index is 0.822. The van der Waals surface area contributed by atoms with Gasteiger partial charge in [-0.3, -0.25) is 0 Å². The Kier molecular flexibility index (Phi) is 3.19. The van der Waals surface area contributed by atoms with Gasteiger partial charge in [-0.05, 0) is 54.9 Å². The lowest BCUT2D eigenvalue weighted by Crippen LogP contribution is -2.38. The second-order valence-corrected chi connectivity index (χ2v) is 6.22. The summed E-state index contributed by atoms with van der Waals surface area (Å²) in [4.78, 5) is 2.58. The average Bonchev–Trinajstić information content (AvgIpc) is 2.37. The van der Waals surface area contributed by atoms with Crippen molar-refractivity contribution >= 4 is 11.4 Å². The Morgan fingerprint density at radius 1 is 1.17 bits per heavy atom. The van der Waals surface area contributed by atoms with E-state index in [1.54, 1.807) is 0 Å². The van der Waals surface area contributed by atoms with Gasteiger partial charge in [0, 0.05) is 31.0 Å². The van der Waals surface area contributed by atoms with Crippen LogP contribution in [0, 0.1) is 11.8 Å². The molecule has 98 valence electrons. The van der Waals surface area contributed by atoms with Crippen LogP contribution in [0.25, 0.3) is 0 Å². The van der Waals surface area contributed by atoms with Gasteiger partial charge >= 0.3 is 0 Å². The first-order chi connectivity index (χ1) is 8.72. The van der Waals surface area contributed by atoms with Gasteiger partial charge in [0.15, 0.2) is 0 Å². The smallest absolute Gasteiger partial charge is 0.0374 e. The zero-order valence-electron chi connectivity index (χ0n) is 11.6. The van der Waals surface area contributed by atoms with Crippen molar-refractivity contribution in [2.45, 2.75) is 33.1 Å². The highest BCUT2D eigenvalue weighted by Gasteiger charge is 2.22. The van der Waals surface area contributed by atoms with Gasteiger partial charge in [0.25, 0.3) is 0 Å². The van der Waals surface area contributed by atoms with Crippen LogP contribution < -0.4 is 10.2 Å². The quantitative estimate of drug-likeness (QED) is 0.813. The van der Waals surface area contributed by atoms with Crippen molar-refractivity contribution in [1.29, 1.82) is 0 Å². The summed E-state index contributed by atoms with van der Waals surface area (Å²) in [6.07, 6.45) is 3.88. The lowest BCUT2D eigenvalue weighted by molar-refractivity contribution is 0.357. The van der Waals surface area contributed by atoms with Gasteiger partial charge in [-0.25, -0.2) is 0 Å². The van der Waals surface area contributed by atoms with Crippen LogP contribution in [0.5, 0.6) is 0 Å². The molecule has 2 aliphatic heterocycles. The van der Waals surface area contributed by atoms with E-state index in [9.17, 15) is 0 Å². The predicted octanol–water partition coefficient (Wildman–Crippen LogP) is 3.53. The summed E-state index contributed by atoms with van der Waals surface area (Å²) in [6.45, 7) is 8.32. The fourth-order valence-corrected chi connectivity index (χ4v) is 3.53. The standard InChI is InChI=1S/C16H24N2/c1-12-8-13(2)11-18(10-12)15-5-6-16-14(9-15)4-3-7-17-16/h5-6,9,12-13,17H,3-4,7-8,10-11H2,1-2H3. The number of aryl methyl sites for hydroxylation is 1. The van der Waals surface area contributed by atoms with E-state index in [-0.39, 0.29) is 0 Å². The van der Waals surface area contributed by atoms with Crippen molar-refractivity contribution in [2.24, 2.45) is 11.8 Å². The molecular formula is C16H24N2. The molecule has 1 N–H and O–H groups in total. The van der Waals surface area contributed by atoms with Gasteiger partial charge in [-0.15, -0.1) is 0 Å². The van der Waals surface area contributed by atoms with Gasteiger partial charge < -0.3 is 10.2 Å². The Morgan fingerprint density at radius 3 is 2.72 bits per heavy atom. The summed E-state index contributed by atoms with van der Waals surface area (Å²) in [5, 5.41) is 3.49. The zero-order valence-corrected chi connectivity index (χ0v) is 11.6. The molecule has 0 radical (unpaired) electrons. The van der Waals surface area contributed by atoms with Gasteiger partial charge in [-0.1, -0.05) is 13.8 Å². The molecule has 0 amide bonds. The van der Waals surface area contributed by atoms with Crippen LogP contribution in [0.3, 0.4) is 0 Å². The Hall–Kier alpha value is -1.18. The molecule has 2 atom stereocenters. The highest BCUT2D eigenvalue weighted by atomic mass is 15.1. The number of anilines is 2. The molecular weight excluding hydrogens is 220 g/mol. The number of piperidine rings is 1. The summed E-state index contributed by atoms with van der Waals surface area (Å²) < 4.78 is 0. The first-order valence-corrected chi connectivity index (χ1v) is 7.34. The third kappa shape index (κ3) is 2.33. The van der Waals surface area contributed by atoms with E-state index < -0.39 is 0 Å². The van der Waals surface area contributed by atoms with Crippen molar-refractivity contribution in [3.63, 3.8) is 0 Å². The Balaban J connectivity index is 1.83. The van der Waals surface area contributed by atoms with E-state index in [0.29, 0.717) is 0 Å². The van der Waals surface area contributed by atoms with E-state index in [1.165, 1.54) is 49.3 Å². The highest BCUT2D eigenvalue weighted by molar-refractivity contribution is 5.62. The number of nitrogens with one attached hydrogen (secondary N) is 1.